The number of guanidine groups is 1. The summed E-state index contributed by atoms with van der Waals surface area (Å²) in [4.78, 5) is 4.34. The third kappa shape index (κ3) is 8.43. The molecular formula is C21H36IN3O3. The number of nitrogens with one attached hydrogen (secondary N) is 2. The van der Waals surface area contributed by atoms with Crippen molar-refractivity contribution < 1.29 is 14.2 Å². The maximum Gasteiger partial charge on any atom is 0.190 e. The first-order valence-electron chi connectivity index (χ1n) is 9.92. The molecule has 6 nitrogen and oxygen atoms in total. The van der Waals surface area contributed by atoms with Crippen molar-refractivity contribution >= 4 is 29.9 Å². The Bertz CT molecular complexity index is 578. The molecule has 0 saturated heterocycles. The highest BCUT2D eigenvalue weighted by Crippen LogP contribution is 2.40. The lowest BCUT2D eigenvalue weighted by Crippen LogP contribution is -2.43. The molecule has 0 unspecified atom stereocenters. The van der Waals surface area contributed by atoms with Gasteiger partial charge in [-0.2, -0.15) is 0 Å². The third-order valence-corrected chi connectivity index (χ3v) is 5.28. The Kier molecular flexibility index (Phi) is 12.3. The maximum atomic E-state index is 5.77. The number of benzene rings is 1. The minimum absolute atomic E-state index is 0. The summed E-state index contributed by atoms with van der Waals surface area (Å²) in [6.07, 6.45) is 7.19. The third-order valence-electron chi connectivity index (χ3n) is 5.28. The van der Waals surface area contributed by atoms with Gasteiger partial charge in [0.1, 0.15) is 11.5 Å². The Morgan fingerprint density at radius 3 is 2.54 bits per heavy atom. The SMILES string of the molecule is CN=C(NCCCOc1cccc(OC)c1)NCC1(CCOC)CCCC1.I. The van der Waals surface area contributed by atoms with Gasteiger partial charge in [0.25, 0.3) is 0 Å². The molecule has 0 heterocycles. The molecule has 1 aromatic carbocycles. The molecule has 1 saturated carbocycles. The molecule has 0 aromatic heterocycles. The molecule has 0 aliphatic heterocycles. The summed E-state index contributed by atoms with van der Waals surface area (Å²) >= 11 is 0. The molecule has 1 aliphatic carbocycles. The molecule has 1 aromatic rings. The van der Waals surface area contributed by atoms with E-state index in [4.69, 9.17) is 14.2 Å². The first-order valence-corrected chi connectivity index (χ1v) is 9.92. The van der Waals surface area contributed by atoms with Crippen LogP contribution in [0.3, 0.4) is 0 Å². The van der Waals surface area contributed by atoms with E-state index in [0.29, 0.717) is 12.0 Å². The van der Waals surface area contributed by atoms with E-state index in [9.17, 15) is 0 Å². The second kappa shape index (κ2) is 13.9. The molecule has 0 spiro atoms. The predicted molar refractivity (Wildman–Crippen MR) is 125 cm³/mol. The van der Waals surface area contributed by atoms with Crippen molar-refractivity contribution in [3.8, 4) is 11.5 Å². The zero-order chi connectivity index (χ0) is 19.4. The maximum absolute atomic E-state index is 5.77. The number of rotatable bonds is 11. The van der Waals surface area contributed by atoms with Crippen LogP contribution in [0.25, 0.3) is 0 Å². The molecule has 2 rings (SSSR count). The van der Waals surface area contributed by atoms with Crippen molar-refractivity contribution in [3.63, 3.8) is 0 Å². The fraction of sp³-hybridized carbons (Fsp3) is 0.667. The van der Waals surface area contributed by atoms with Crippen molar-refractivity contribution in [2.45, 2.75) is 38.5 Å². The predicted octanol–water partition coefficient (Wildman–Crippen LogP) is 3.84. The van der Waals surface area contributed by atoms with Crippen LogP contribution in [0.1, 0.15) is 38.5 Å². The minimum Gasteiger partial charge on any atom is -0.497 e. The van der Waals surface area contributed by atoms with Gasteiger partial charge in [0.05, 0.1) is 13.7 Å². The summed E-state index contributed by atoms with van der Waals surface area (Å²) < 4.78 is 16.3. The van der Waals surface area contributed by atoms with Crippen LogP contribution in [0, 0.1) is 5.41 Å². The minimum atomic E-state index is 0. The van der Waals surface area contributed by atoms with Gasteiger partial charge in [0.2, 0.25) is 0 Å². The summed E-state index contributed by atoms with van der Waals surface area (Å²) in [6, 6.07) is 7.68. The van der Waals surface area contributed by atoms with Crippen LogP contribution >= 0.6 is 24.0 Å². The van der Waals surface area contributed by atoms with Gasteiger partial charge >= 0.3 is 0 Å². The second-order valence-electron chi connectivity index (χ2n) is 7.18. The van der Waals surface area contributed by atoms with Crippen molar-refractivity contribution in [1.82, 2.24) is 10.6 Å². The van der Waals surface area contributed by atoms with Gasteiger partial charge in [-0.1, -0.05) is 18.9 Å². The molecule has 0 amide bonds. The van der Waals surface area contributed by atoms with Crippen molar-refractivity contribution in [2.75, 3.05) is 47.6 Å². The van der Waals surface area contributed by atoms with Crippen LogP contribution < -0.4 is 20.1 Å². The molecule has 1 aliphatic rings. The lowest BCUT2D eigenvalue weighted by molar-refractivity contribution is 0.138. The van der Waals surface area contributed by atoms with Gasteiger partial charge in [-0.25, -0.2) is 0 Å². The number of nitrogens with zero attached hydrogens (tertiary/aromatic N) is 1. The normalized spacial score (nSPS) is 15.6. The van der Waals surface area contributed by atoms with Crippen LogP contribution in [0.15, 0.2) is 29.3 Å². The molecule has 0 bridgehead atoms. The number of hydrogen-bond donors (Lipinski definition) is 2. The van der Waals surface area contributed by atoms with Gasteiger partial charge < -0.3 is 24.8 Å². The second-order valence-corrected chi connectivity index (χ2v) is 7.18. The van der Waals surface area contributed by atoms with Crippen LogP contribution in [-0.2, 0) is 4.74 Å². The molecule has 7 heteroatoms. The molecule has 0 radical (unpaired) electrons. The largest absolute Gasteiger partial charge is 0.497 e. The van der Waals surface area contributed by atoms with Crippen LogP contribution in [0.5, 0.6) is 11.5 Å². The Labute approximate surface area is 186 Å². The zero-order valence-electron chi connectivity index (χ0n) is 17.5. The molecule has 0 atom stereocenters. The molecule has 160 valence electrons. The van der Waals surface area contributed by atoms with E-state index in [1.165, 1.54) is 25.7 Å². The van der Waals surface area contributed by atoms with E-state index in [1.807, 2.05) is 31.3 Å². The number of methoxy groups -OCH3 is 2. The highest BCUT2D eigenvalue weighted by atomic mass is 127. The summed E-state index contributed by atoms with van der Waals surface area (Å²) in [5, 5.41) is 6.89. The smallest absolute Gasteiger partial charge is 0.190 e. The Morgan fingerprint density at radius 1 is 1.11 bits per heavy atom. The highest BCUT2D eigenvalue weighted by Gasteiger charge is 2.33. The van der Waals surface area contributed by atoms with E-state index in [0.717, 1.165) is 50.0 Å². The Balaban J connectivity index is 0.00000392. The molecule has 2 N–H and O–H groups in total. The summed E-state index contributed by atoms with van der Waals surface area (Å²) in [6.45, 7) is 3.25. The Hall–Kier alpha value is -1.22. The van der Waals surface area contributed by atoms with E-state index >= 15 is 0 Å². The van der Waals surface area contributed by atoms with E-state index in [-0.39, 0.29) is 24.0 Å². The van der Waals surface area contributed by atoms with E-state index < -0.39 is 0 Å². The first kappa shape index (κ1) is 24.8. The number of ether oxygens (including phenoxy) is 3. The summed E-state index contributed by atoms with van der Waals surface area (Å²) in [5.41, 5.74) is 0.350. The topological polar surface area (TPSA) is 64.1 Å². The first-order chi connectivity index (χ1) is 13.2. The average Bonchev–Trinajstić information content (AvgIpc) is 3.17. The van der Waals surface area contributed by atoms with Gasteiger partial charge in [0, 0.05) is 39.9 Å². The van der Waals surface area contributed by atoms with Gasteiger partial charge in [-0.05, 0) is 43.2 Å². The summed E-state index contributed by atoms with van der Waals surface area (Å²) in [5.74, 6) is 2.50. The van der Waals surface area contributed by atoms with Crippen LogP contribution in [-0.4, -0.2) is 53.5 Å². The number of hydrogen-bond acceptors (Lipinski definition) is 4. The standard InChI is InChI=1S/C21H35N3O3.HI/c1-22-20(24-17-21(12-15-25-2)10-4-5-11-21)23-13-7-14-27-19-9-6-8-18(16-19)26-3;/h6,8-9,16H,4-5,7,10-15,17H2,1-3H3,(H2,22,23,24);1H. The van der Waals surface area contributed by atoms with Gasteiger partial charge in [0.15, 0.2) is 5.96 Å². The van der Waals surface area contributed by atoms with Crippen molar-refractivity contribution in [1.29, 1.82) is 0 Å². The molecular weight excluding hydrogens is 469 g/mol. The van der Waals surface area contributed by atoms with Crippen molar-refractivity contribution in [3.05, 3.63) is 24.3 Å². The molecule has 1 fully saturated rings. The van der Waals surface area contributed by atoms with E-state index in [2.05, 4.69) is 15.6 Å². The monoisotopic (exact) mass is 505 g/mol. The molecule has 28 heavy (non-hydrogen) atoms. The van der Waals surface area contributed by atoms with Crippen LogP contribution in [0.2, 0.25) is 0 Å². The van der Waals surface area contributed by atoms with Gasteiger partial charge in [-0.15, -0.1) is 24.0 Å². The fourth-order valence-electron chi connectivity index (χ4n) is 3.61. The lowest BCUT2D eigenvalue weighted by Gasteiger charge is -2.30. The Morgan fingerprint density at radius 2 is 1.86 bits per heavy atom. The summed E-state index contributed by atoms with van der Waals surface area (Å²) in [7, 11) is 5.26. The van der Waals surface area contributed by atoms with E-state index in [1.54, 1.807) is 14.2 Å². The number of halogens is 1. The van der Waals surface area contributed by atoms with Crippen molar-refractivity contribution in [2.24, 2.45) is 10.4 Å². The quantitative estimate of drug-likeness (QED) is 0.207. The zero-order valence-corrected chi connectivity index (χ0v) is 19.8. The number of aliphatic imine (C=N–C) groups is 1. The van der Waals surface area contributed by atoms with Gasteiger partial charge in [-0.3, -0.25) is 4.99 Å². The lowest BCUT2D eigenvalue weighted by atomic mass is 9.83. The average molecular weight is 505 g/mol. The highest BCUT2D eigenvalue weighted by molar-refractivity contribution is 14.0. The van der Waals surface area contributed by atoms with Crippen LogP contribution in [0.4, 0.5) is 0 Å². The fourth-order valence-corrected chi connectivity index (χ4v) is 3.61.